The van der Waals surface area contributed by atoms with Crippen LogP contribution in [-0.4, -0.2) is 43.6 Å². The molecule has 0 unspecified atom stereocenters. The molecule has 2 aromatic carbocycles. The lowest BCUT2D eigenvalue weighted by Crippen LogP contribution is -2.37. The molecule has 0 aromatic heterocycles. The summed E-state index contributed by atoms with van der Waals surface area (Å²) in [4.78, 5) is 14.1. The Balaban J connectivity index is 1.71. The molecule has 1 N–H and O–H groups in total. The van der Waals surface area contributed by atoms with Crippen molar-refractivity contribution in [3.63, 3.8) is 0 Å². The molecular formula is C17H19ClN2O2. The van der Waals surface area contributed by atoms with Crippen LogP contribution in [0.15, 0.2) is 36.4 Å². The van der Waals surface area contributed by atoms with Crippen molar-refractivity contribution in [1.29, 1.82) is 0 Å². The zero-order valence-electron chi connectivity index (χ0n) is 12.3. The van der Waals surface area contributed by atoms with Crippen LogP contribution in [0.5, 0.6) is 5.75 Å². The lowest BCUT2D eigenvalue weighted by molar-refractivity contribution is -0.133. The Morgan fingerprint density at radius 1 is 1.14 bits per heavy atom. The number of carbonyl (C=O) groups excluding carboxylic acids is 1. The van der Waals surface area contributed by atoms with Crippen LogP contribution in [0.2, 0.25) is 5.02 Å². The van der Waals surface area contributed by atoms with Gasteiger partial charge in [0.2, 0.25) is 0 Å². The van der Waals surface area contributed by atoms with Crippen LogP contribution < -0.4 is 10.1 Å². The van der Waals surface area contributed by atoms with Crippen LogP contribution in [0.1, 0.15) is 6.42 Å². The molecule has 2 aromatic rings. The number of fused-ring (bicyclic) bond motifs is 1. The first-order valence-corrected chi connectivity index (χ1v) is 7.92. The summed E-state index contributed by atoms with van der Waals surface area (Å²) in [5.74, 6) is 0.726. The molecule has 0 bridgehead atoms. The Morgan fingerprint density at radius 3 is 2.82 bits per heavy atom. The number of benzene rings is 2. The van der Waals surface area contributed by atoms with Crippen LogP contribution in [0.4, 0.5) is 0 Å². The monoisotopic (exact) mass is 318 g/mol. The van der Waals surface area contributed by atoms with E-state index >= 15 is 0 Å². The SMILES string of the molecule is O=C(COc1ccc(Cl)c2ccccc12)N1CCCNCC1. The Hall–Kier alpha value is -1.78. The molecule has 1 fully saturated rings. The highest BCUT2D eigenvalue weighted by molar-refractivity contribution is 6.35. The molecular weight excluding hydrogens is 300 g/mol. The van der Waals surface area contributed by atoms with E-state index in [-0.39, 0.29) is 12.5 Å². The lowest BCUT2D eigenvalue weighted by atomic mass is 10.1. The Morgan fingerprint density at radius 2 is 1.95 bits per heavy atom. The van der Waals surface area contributed by atoms with Gasteiger partial charge in [-0.05, 0) is 25.1 Å². The number of hydrogen-bond donors (Lipinski definition) is 1. The summed E-state index contributed by atoms with van der Waals surface area (Å²) in [6.07, 6.45) is 0.982. The molecule has 22 heavy (non-hydrogen) atoms. The molecule has 0 radical (unpaired) electrons. The van der Waals surface area contributed by atoms with E-state index in [9.17, 15) is 4.79 Å². The van der Waals surface area contributed by atoms with E-state index < -0.39 is 0 Å². The second-order valence-electron chi connectivity index (χ2n) is 5.36. The van der Waals surface area contributed by atoms with Crippen molar-refractivity contribution in [2.24, 2.45) is 0 Å². The van der Waals surface area contributed by atoms with Crippen molar-refractivity contribution >= 4 is 28.3 Å². The Labute approximate surface area is 135 Å². The summed E-state index contributed by atoms with van der Waals surface area (Å²) in [6.45, 7) is 3.40. The average Bonchev–Trinajstić information content (AvgIpc) is 2.83. The normalized spacial score (nSPS) is 15.6. The van der Waals surface area contributed by atoms with Crippen molar-refractivity contribution in [1.82, 2.24) is 10.2 Å². The quantitative estimate of drug-likeness (QED) is 0.946. The van der Waals surface area contributed by atoms with E-state index in [1.165, 1.54) is 0 Å². The summed E-state index contributed by atoms with van der Waals surface area (Å²) in [5, 5.41) is 5.84. The number of nitrogens with one attached hydrogen (secondary N) is 1. The van der Waals surface area contributed by atoms with Crippen LogP contribution in [-0.2, 0) is 4.79 Å². The van der Waals surface area contributed by atoms with Crippen molar-refractivity contribution < 1.29 is 9.53 Å². The standard InChI is InChI=1S/C17H19ClN2O2/c18-15-6-7-16(14-5-2-1-4-13(14)15)22-12-17(21)20-10-3-8-19-9-11-20/h1-2,4-7,19H,3,8-12H2. The molecule has 1 saturated heterocycles. The first-order valence-electron chi connectivity index (χ1n) is 7.54. The highest BCUT2D eigenvalue weighted by atomic mass is 35.5. The van der Waals surface area contributed by atoms with E-state index in [0.717, 1.165) is 43.4 Å². The number of amides is 1. The van der Waals surface area contributed by atoms with E-state index in [1.807, 2.05) is 35.2 Å². The van der Waals surface area contributed by atoms with Crippen molar-refractivity contribution in [2.75, 3.05) is 32.8 Å². The molecule has 116 valence electrons. The van der Waals surface area contributed by atoms with Gasteiger partial charge in [0.05, 0.1) is 0 Å². The number of carbonyl (C=O) groups is 1. The van der Waals surface area contributed by atoms with Crippen LogP contribution in [0, 0.1) is 0 Å². The van der Waals surface area contributed by atoms with Crippen LogP contribution >= 0.6 is 11.6 Å². The molecule has 3 rings (SSSR count). The van der Waals surface area contributed by atoms with Gasteiger partial charge >= 0.3 is 0 Å². The maximum absolute atomic E-state index is 12.3. The summed E-state index contributed by atoms with van der Waals surface area (Å²) < 4.78 is 5.76. The third-order valence-electron chi connectivity index (χ3n) is 3.87. The predicted molar refractivity (Wildman–Crippen MR) is 88.5 cm³/mol. The van der Waals surface area contributed by atoms with Gasteiger partial charge in [0.1, 0.15) is 5.75 Å². The van der Waals surface area contributed by atoms with Crippen molar-refractivity contribution in [3.05, 3.63) is 41.4 Å². The zero-order valence-corrected chi connectivity index (χ0v) is 13.1. The number of rotatable bonds is 3. The molecule has 1 aliphatic heterocycles. The predicted octanol–water partition coefficient (Wildman–Crippen LogP) is 2.69. The molecule has 0 spiro atoms. The summed E-state index contributed by atoms with van der Waals surface area (Å²) in [7, 11) is 0. The van der Waals surface area contributed by atoms with E-state index in [1.54, 1.807) is 6.07 Å². The van der Waals surface area contributed by atoms with Crippen molar-refractivity contribution in [2.45, 2.75) is 6.42 Å². The molecule has 0 atom stereocenters. The average molecular weight is 319 g/mol. The van der Waals surface area contributed by atoms with Gasteiger partial charge in [-0.25, -0.2) is 0 Å². The van der Waals surface area contributed by atoms with Gasteiger partial charge in [0, 0.05) is 35.4 Å². The smallest absolute Gasteiger partial charge is 0.260 e. The summed E-state index contributed by atoms with van der Waals surface area (Å²) in [6, 6.07) is 11.4. The molecule has 1 amide bonds. The third-order valence-corrected chi connectivity index (χ3v) is 4.20. The second kappa shape index (κ2) is 6.99. The van der Waals surface area contributed by atoms with E-state index in [4.69, 9.17) is 16.3 Å². The minimum Gasteiger partial charge on any atom is -0.483 e. The Bertz CT molecular complexity index is 667. The minimum atomic E-state index is 0.0303. The summed E-state index contributed by atoms with van der Waals surface area (Å²) in [5.41, 5.74) is 0. The van der Waals surface area contributed by atoms with Gasteiger partial charge in [0.25, 0.3) is 5.91 Å². The number of ether oxygens (including phenoxy) is 1. The lowest BCUT2D eigenvalue weighted by Gasteiger charge is -2.20. The summed E-state index contributed by atoms with van der Waals surface area (Å²) >= 11 is 6.19. The van der Waals surface area contributed by atoms with Crippen molar-refractivity contribution in [3.8, 4) is 5.75 Å². The highest BCUT2D eigenvalue weighted by Gasteiger charge is 2.16. The maximum atomic E-state index is 12.3. The number of hydrogen-bond acceptors (Lipinski definition) is 3. The fraction of sp³-hybridized carbons (Fsp3) is 0.353. The van der Waals surface area contributed by atoms with Gasteiger partial charge < -0.3 is 15.0 Å². The zero-order chi connectivity index (χ0) is 15.4. The molecule has 5 heteroatoms. The van der Waals surface area contributed by atoms with Crippen LogP contribution in [0.3, 0.4) is 0 Å². The van der Waals surface area contributed by atoms with Gasteiger partial charge in [-0.3, -0.25) is 4.79 Å². The molecule has 0 saturated carbocycles. The van der Waals surface area contributed by atoms with Gasteiger partial charge in [-0.2, -0.15) is 0 Å². The first-order chi connectivity index (χ1) is 10.8. The fourth-order valence-electron chi connectivity index (χ4n) is 2.69. The number of halogens is 1. The molecule has 1 heterocycles. The van der Waals surface area contributed by atoms with Gasteiger partial charge in [-0.1, -0.05) is 35.9 Å². The molecule has 1 aliphatic rings. The van der Waals surface area contributed by atoms with Crippen LogP contribution in [0.25, 0.3) is 10.8 Å². The maximum Gasteiger partial charge on any atom is 0.260 e. The highest BCUT2D eigenvalue weighted by Crippen LogP contribution is 2.31. The van der Waals surface area contributed by atoms with Gasteiger partial charge in [0.15, 0.2) is 6.61 Å². The minimum absolute atomic E-state index is 0.0303. The van der Waals surface area contributed by atoms with E-state index in [0.29, 0.717) is 10.8 Å². The number of nitrogens with zero attached hydrogens (tertiary/aromatic N) is 1. The Kier molecular flexibility index (Phi) is 4.80. The second-order valence-corrected chi connectivity index (χ2v) is 5.77. The fourth-order valence-corrected chi connectivity index (χ4v) is 2.91. The largest absolute Gasteiger partial charge is 0.483 e. The molecule has 4 nitrogen and oxygen atoms in total. The van der Waals surface area contributed by atoms with E-state index in [2.05, 4.69) is 5.32 Å². The third kappa shape index (κ3) is 3.34. The first kappa shape index (κ1) is 15.1. The topological polar surface area (TPSA) is 41.6 Å². The molecule has 0 aliphatic carbocycles. The van der Waals surface area contributed by atoms with Gasteiger partial charge in [-0.15, -0.1) is 0 Å².